The monoisotopic (exact) mass is 596 g/mol. The Hall–Kier alpha value is -2.80. The number of hydrogen-bond donors (Lipinski definition) is 1. The topological polar surface area (TPSA) is 158 Å². The molecule has 210 valence electrons. The highest BCUT2D eigenvalue weighted by Gasteiger charge is 2.57. The third-order valence-corrected chi connectivity index (χ3v) is 9.39. The van der Waals surface area contributed by atoms with E-state index >= 15 is 0 Å². The minimum Gasteiger partial charge on any atom is -0.448 e. The summed E-state index contributed by atoms with van der Waals surface area (Å²) >= 11 is 6.58. The van der Waals surface area contributed by atoms with Crippen molar-refractivity contribution >= 4 is 49.1 Å². The molecule has 2 aromatic rings. The average Bonchev–Trinajstić information content (AvgIpc) is 3.07. The Kier molecular flexibility index (Phi) is 7.96. The van der Waals surface area contributed by atoms with Crippen molar-refractivity contribution in [2.45, 2.75) is 49.0 Å². The molecule has 2 aliphatic rings. The van der Waals surface area contributed by atoms with Gasteiger partial charge in [-0.1, -0.05) is 23.7 Å². The van der Waals surface area contributed by atoms with Crippen LogP contribution in [0.1, 0.15) is 42.7 Å². The molecule has 0 saturated carbocycles. The predicted molar refractivity (Wildman–Crippen MR) is 144 cm³/mol. The highest BCUT2D eigenvalue weighted by Crippen LogP contribution is 2.43. The van der Waals surface area contributed by atoms with Crippen molar-refractivity contribution in [3.8, 4) is 11.1 Å². The fourth-order valence-electron chi connectivity index (χ4n) is 5.17. The Balaban J connectivity index is 1.58. The first-order valence-corrected chi connectivity index (χ1v) is 16.3. The number of nitrogens with zero attached hydrogens (tertiary/aromatic N) is 1. The van der Waals surface area contributed by atoms with Crippen LogP contribution >= 0.6 is 11.6 Å². The molecule has 1 spiro atoms. The molecular weight excluding hydrogens is 568 g/mol. The first-order valence-electron chi connectivity index (χ1n) is 12.3. The number of halogens is 1. The molecule has 2 aromatic carbocycles. The number of rotatable bonds is 7. The molecule has 0 radical (unpaired) electrons. The molecule has 2 fully saturated rings. The molecule has 2 atom stereocenters. The van der Waals surface area contributed by atoms with Gasteiger partial charge < -0.3 is 9.64 Å². The van der Waals surface area contributed by atoms with E-state index in [1.54, 1.807) is 25.1 Å². The van der Waals surface area contributed by atoms with E-state index in [9.17, 15) is 31.2 Å². The summed E-state index contributed by atoms with van der Waals surface area (Å²) in [5, 5.41) is 5.23. The quantitative estimate of drug-likeness (QED) is 0.377. The van der Waals surface area contributed by atoms with Gasteiger partial charge in [-0.05, 0) is 67.1 Å². The number of hydrogen-bond acceptors (Lipinski definition) is 8. The number of sulfonamides is 1. The number of likely N-dealkylation sites (tertiary alicyclic amines) is 1. The van der Waals surface area contributed by atoms with Crippen molar-refractivity contribution in [2.24, 2.45) is 5.14 Å². The van der Waals surface area contributed by atoms with Gasteiger partial charge in [0.2, 0.25) is 15.9 Å². The lowest BCUT2D eigenvalue weighted by molar-refractivity contribution is -0.160. The Labute approximate surface area is 232 Å². The van der Waals surface area contributed by atoms with Crippen LogP contribution in [0, 0.1) is 6.92 Å². The van der Waals surface area contributed by atoms with Crippen LogP contribution < -0.4 is 5.14 Å². The van der Waals surface area contributed by atoms with E-state index in [2.05, 4.69) is 0 Å². The van der Waals surface area contributed by atoms with Crippen LogP contribution in [0.5, 0.6) is 0 Å². The van der Waals surface area contributed by atoms with Crippen LogP contribution in [0.15, 0.2) is 41.3 Å². The first-order chi connectivity index (χ1) is 18.1. The number of benzene rings is 2. The summed E-state index contributed by atoms with van der Waals surface area (Å²) in [5.41, 5.74) is 0.602. The first kappa shape index (κ1) is 29.2. The van der Waals surface area contributed by atoms with E-state index in [1.165, 1.54) is 23.1 Å². The van der Waals surface area contributed by atoms with Gasteiger partial charge in [0.05, 0.1) is 17.2 Å². The van der Waals surface area contributed by atoms with Crippen LogP contribution in [0.4, 0.5) is 0 Å². The number of ether oxygens (including phenoxy) is 1. The van der Waals surface area contributed by atoms with Crippen molar-refractivity contribution < 1.29 is 36.0 Å². The van der Waals surface area contributed by atoms with Crippen LogP contribution in [-0.2, 0) is 39.0 Å². The van der Waals surface area contributed by atoms with Gasteiger partial charge in [0, 0.05) is 29.8 Å². The number of piperidine rings is 1. The zero-order chi connectivity index (χ0) is 28.8. The highest BCUT2D eigenvalue weighted by molar-refractivity contribution is 7.90. The molecule has 13 heteroatoms. The number of esters is 1. The van der Waals surface area contributed by atoms with Gasteiger partial charge in [-0.2, -0.15) is 0 Å². The second-order valence-corrected chi connectivity index (χ2v) is 14.2. The molecule has 0 aliphatic carbocycles. The number of carbonyl (C=O) groups is 3. The minimum atomic E-state index is -3.70. The fraction of sp³-hybridized carbons (Fsp3) is 0.423. The van der Waals surface area contributed by atoms with E-state index in [0.29, 0.717) is 35.2 Å². The average molecular weight is 597 g/mol. The predicted octanol–water partition coefficient (Wildman–Crippen LogP) is 2.36. The lowest BCUT2D eigenvalue weighted by Crippen LogP contribution is -2.54. The standard InChI is InChI=1S/C26H29ClN2O8S2/c1-16-12-20(17-6-3-7-18(13-17)38(2,33)34)21(27)14-19(16)23-24(31)26(37-25(23)32)9-5-10-29(15-26)22(30)8-4-11-39(28,35)36/h3,6-7,12-14,23H,4-5,8-11,15H2,1-2H3,(H2,28,35,36). The molecule has 2 saturated heterocycles. The third-order valence-electron chi connectivity index (χ3n) is 7.11. The second-order valence-electron chi connectivity index (χ2n) is 10.1. The van der Waals surface area contributed by atoms with E-state index in [1.807, 2.05) is 0 Å². The number of nitrogens with two attached hydrogens (primary N) is 1. The summed E-state index contributed by atoms with van der Waals surface area (Å²) in [4.78, 5) is 41.0. The van der Waals surface area contributed by atoms with Crippen LogP contribution in [0.25, 0.3) is 11.1 Å². The maximum absolute atomic E-state index is 13.7. The summed E-state index contributed by atoms with van der Waals surface area (Å²) in [7, 11) is -7.14. The minimum absolute atomic E-state index is 0.0503. The molecule has 2 N–H and O–H groups in total. The number of amides is 1. The van der Waals surface area contributed by atoms with E-state index in [-0.39, 0.29) is 47.4 Å². The Bertz CT molecular complexity index is 1570. The number of Topliss-reactive ketones (excluding diaryl/α,β-unsaturated/α-hetero) is 1. The zero-order valence-electron chi connectivity index (χ0n) is 21.5. The third kappa shape index (κ3) is 6.19. The lowest BCUT2D eigenvalue weighted by Gasteiger charge is -2.38. The van der Waals surface area contributed by atoms with Crippen molar-refractivity contribution in [3.05, 3.63) is 52.5 Å². The highest BCUT2D eigenvalue weighted by atomic mass is 35.5. The van der Waals surface area contributed by atoms with Gasteiger partial charge in [-0.15, -0.1) is 0 Å². The van der Waals surface area contributed by atoms with Gasteiger partial charge in [0.25, 0.3) is 0 Å². The van der Waals surface area contributed by atoms with Gasteiger partial charge in [-0.3, -0.25) is 14.4 Å². The summed E-state index contributed by atoms with van der Waals surface area (Å²) in [6.07, 6.45) is 1.80. The summed E-state index contributed by atoms with van der Waals surface area (Å²) in [5.74, 6) is -3.08. The molecule has 2 unspecified atom stereocenters. The molecule has 2 heterocycles. The van der Waals surface area contributed by atoms with Gasteiger partial charge in [0.15, 0.2) is 21.2 Å². The lowest BCUT2D eigenvalue weighted by atomic mass is 9.81. The Morgan fingerprint density at radius 3 is 2.56 bits per heavy atom. The summed E-state index contributed by atoms with van der Waals surface area (Å²) in [6.45, 7) is 1.98. The molecule has 1 amide bonds. The SMILES string of the molecule is Cc1cc(-c2cccc(S(C)(=O)=O)c2)c(Cl)cc1C1C(=O)OC2(CCCN(C(=O)CCCS(N)(=O)=O)C2)C1=O. The van der Waals surface area contributed by atoms with Crippen LogP contribution in [0.3, 0.4) is 0 Å². The normalized spacial score (nSPS) is 21.8. The summed E-state index contributed by atoms with van der Waals surface area (Å²) < 4.78 is 52.0. The van der Waals surface area contributed by atoms with Crippen molar-refractivity contribution in [1.29, 1.82) is 0 Å². The van der Waals surface area contributed by atoms with Gasteiger partial charge in [-0.25, -0.2) is 22.0 Å². The fourth-order valence-corrected chi connectivity index (χ4v) is 6.66. The molecule has 39 heavy (non-hydrogen) atoms. The zero-order valence-corrected chi connectivity index (χ0v) is 23.9. The van der Waals surface area contributed by atoms with Crippen molar-refractivity contribution in [3.63, 3.8) is 0 Å². The molecular formula is C26H29ClN2O8S2. The smallest absolute Gasteiger partial charge is 0.322 e. The van der Waals surface area contributed by atoms with Crippen LogP contribution in [0.2, 0.25) is 5.02 Å². The molecule has 4 rings (SSSR count). The van der Waals surface area contributed by atoms with Crippen molar-refractivity contribution in [2.75, 3.05) is 25.1 Å². The second kappa shape index (κ2) is 10.6. The van der Waals surface area contributed by atoms with Gasteiger partial charge in [0.1, 0.15) is 5.92 Å². The Morgan fingerprint density at radius 2 is 1.90 bits per heavy atom. The summed E-state index contributed by atoms with van der Waals surface area (Å²) in [6, 6.07) is 9.55. The van der Waals surface area contributed by atoms with E-state index < -0.39 is 43.1 Å². The number of aryl methyl sites for hydroxylation is 1. The van der Waals surface area contributed by atoms with E-state index in [0.717, 1.165) is 6.26 Å². The number of carbonyl (C=O) groups excluding carboxylic acids is 3. The number of primary sulfonamides is 1. The number of ketones is 1. The largest absolute Gasteiger partial charge is 0.448 e. The van der Waals surface area contributed by atoms with Crippen molar-refractivity contribution in [1.82, 2.24) is 4.90 Å². The van der Waals surface area contributed by atoms with E-state index in [4.69, 9.17) is 21.5 Å². The molecule has 0 bridgehead atoms. The Morgan fingerprint density at radius 1 is 1.18 bits per heavy atom. The maximum atomic E-state index is 13.7. The van der Waals surface area contributed by atoms with Crippen LogP contribution in [-0.4, -0.2) is 70.1 Å². The molecule has 2 aliphatic heterocycles. The molecule has 0 aromatic heterocycles. The van der Waals surface area contributed by atoms with Gasteiger partial charge >= 0.3 is 5.97 Å². The molecule has 10 nitrogen and oxygen atoms in total. The maximum Gasteiger partial charge on any atom is 0.322 e. The number of sulfone groups is 1.